The van der Waals surface area contributed by atoms with Crippen LogP contribution in [0.3, 0.4) is 0 Å². The summed E-state index contributed by atoms with van der Waals surface area (Å²) in [5.41, 5.74) is 11.9. The number of carbonyl (C=O) groups is 5. The number of piperidine rings is 1. The normalized spacial score (nSPS) is 17.9. The first-order valence-corrected chi connectivity index (χ1v) is 18.2. The molecule has 0 radical (unpaired) electrons. The van der Waals surface area contributed by atoms with Gasteiger partial charge in [0.2, 0.25) is 11.8 Å². The number of para-hydroxylation sites is 1. The predicted octanol–water partition coefficient (Wildman–Crippen LogP) is 4.47. The van der Waals surface area contributed by atoms with Gasteiger partial charge in [-0.05, 0) is 91.2 Å². The fourth-order valence-corrected chi connectivity index (χ4v) is 7.83. The molecule has 4 N–H and O–H groups in total. The van der Waals surface area contributed by atoms with Crippen molar-refractivity contribution in [2.75, 3.05) is 41.3 Å². The molecule has 0 saturated carbocycles. The van der Waals surface area contributed by atoms with Crippen molar-refractivity contribution in [2.45, 2.75) is 31.8 Å². The van der Waals surface area contributed by atoms with Gasteiger partial charge in [-0.2, -0.15) is 5.10 Å². The third-order valence-corrected chi connectivity index (χ3v) is 10.7. The van der Waals surface area contributed by atoms with Gasteiger partial charge in [-0.3, -0.25) is 34.2 Å². The minimum absolute atomic E-state index is 0.0742. The van der Waals surface area contributed by atoms with Crippen molar-refractivity contribution in [1.82, 2.24) is 20.0 Å². The van der Waals surface area contributed by atoms with E-state index in [4.69, 9.17) is 15.6 Å². The first-order valence-electron chi connectivity index (χ1n) is 18.2. The topological polar surface area (TPSA) is 172 Å². The van der Waals surface area contributed by atoms with E-state index in [0.29, 0.717) is 48.9 Å². The van der Waals surface area contributed by atoms with Gasteiger partial charge < -0.3 is 25.6 Å². The minimum Gasteiger partial charge on any atom is -0.457 e. The largest absolute Gasteiger partial charge is 0.457 e. The zero-order valence-electron chi connectivity index (χ0n) is 29.7. The molecule has 4 aliphatic heterocycles. The predicted molar refractivity (Wildman–Crippen MR) is 204 cm³/mol. The van der Waals surface area contributed by atoms with Crippen LogP contribution in [0.4, 0.5) is 22.9 Å². The summed E-state index contributed by atoms with van der Waals surface area (Å²) in [7, 11) is 0. The molecule has 2 fully saturated rings. The fourth-order valence-electron chi connectivity index (χ4n) is 7.83. The lowest BCUT2D eigenvalue weighted by Crippen LogP contribution is -2.54. The number of nitrogens with zero attached hydrogens (tertiary/aromatic N) is 5. The number of benzene rings is 4. The van der Waals surface area contributed by atoms with Crippen LogP contribution in [-0.4, -0.2) is 76.4 Å². The lowest BCUT2D eigenvalue weighted by Gasteiger charge is -2.37. The SMILES string of the molecule is NC(=O)c1c(-c2ccc(Oc3ccccc3)cc2)nn2c1Nc1ccc(N3CCN(c4ccc5c(c4)C(=O)N(C4CCC(=O)NC4=O)C5=O)CC3)cc1CC2. The highest BCUT2D eigenvalue weighted by Crippen LogP contribution is 2.37. The number of fused-ring (bicyclic) bond motifs is 3. The van der Waals surface area contributed by atoms with Crippen molar-refractivity contribution >= 4 is 52.4 Å². The summed E-state index contributed by atoms with van der Waals surface area (Å²) in [5, 5.41) is 10.5. The van der Waals surface area contributed by atoms with Crippen molar-refractivity contribution in [3.8, 4) is 22.8 Å². The Balaban J connectivity index is 0.876. The average molecular weight is 737 g/mol. The Hall–Kier alpha value is -6.96. The van der Waals surface area contributed by atoms with E-state index in [1.807, 2.05) is 66.7 Å². The molecule has 14 nitrogen and oxygen atoms in total. The van der Waals surface area contributed by atoms with Crippen molar-refractivity contribution in [2.24, 2.45) is 5.73 Å². The Morgan fingerprint density at radius 1 is 0.727 bits per heavy atom. The summed E-state index contributed by atoms with van der Waals surface area (Å²) in [4.78, 5) is 69.0. The second-order valence-corrected chi connectivity index (χ2v) is 14.0. The van der Waals surface area contributed by atoms with Crippen LogP contribution < -0.4 is 30.9 Å². The first kappa shape index (κ1) is 33.8. The molecule has 5 aromatic rings. The highest BCUT2D eigenvalue weighted by Gasteiger charge is 2.45. The molecule has 0 spiro atoms. The summed E-state index contributed by atoms with van der Waals surface area (Å²) in [6, 6.07) is 27.4. The molecule has 1 unspecified atom stereocenters. The molecule has 2 saturated heterocycles. The van der Waals surface area contributed by atoms with E-state index < -0.39 is 35.6 Å². The molecule has 1 atom stereocenters. The number of primary amides is 1. The van der Waals surface area contributed by atoms with Gasteiger partial charge in [-0.1, -0.05) is 18.2 Å². The molecule has 9 rings (SSSR count). The maximum absolute atomic E-state index is 13.4. The van der Waals surface area contributed by atoms with Crippen LogP contribution in [0.15, 0.2) is 91.0 Å². The number of carbonyl (C=O) groups excluding carboxylic acids is 5. The molecule has 4 aliphatic rings. The molecule has 0 bridgehead atoms. The van der Waals surface area contributed by atoms with Gasteiger partial charge in [-0.15, -0.1) is 0 Å². The van der Waals surface area contributed by atoms with E-state index in [0.717, 1.165) is 51.9 Å². The molecule has 4 aromatic carbocycles. The number of hydrogen-bond acceptors (Lipinski definition) is 10. The fraction of sp³-hybridized carbons (Fsp3) is 0.220. The smallest absolute Gasteiger partial charge is 0.262 e. The summed E-state index contributed by atoms with van der Waals surface area (Å²) in [6.45, 7) is 3.37. The van der Waals surface area contributed by atoms with E-state index in [1.54, 1.807) is 16.8 Å². The van der Waals surface area contributed by atoms with E-state index in [1.165, 1.54) is 0 Å². The van der Waals surface area contributed by atoms with Crippen LogP contribution in [0, 0.1) is 0 Å². The van der Waals surface area contributed by atoms with Crippen LogP contribution in [0.2, 0.25) is 0 Å². The van der Waals surface area contributed by atoms with Crippen LogP contribution in [0.5, 0.6) is 11.5 Å². The number of rotatable bonds is 7. The van der Waals surface area contributed by atoms with Gasteiger partial charge >= 0.3 is 0 Å². The van der Waals surface area contributed by atoms with Gasteiger partial charge in [0.1, 0.15) is 34.6 Å². The highest BCUT2D eigenvalue weighted by atomic mass is 16.5. The van der Waals surface area contributed by atoms with E-state index in [2.05, 4.69) is 32.6 Å². The van der Waals surface area contributed by atoms with E-state index in [-0.39, 0.29) is 24.0 Å². The monoisotopic (exact) mass is 736 g/mol. The number of aryl methyl sites for hydroxylation is 2. The summed E-state index contributed by atoms with van der Waals surface area (Å²) in [6.07, 6.45) is 0.875. The number of amides is 5. The standard InChI is InChI=1S/C41H36N8O6/c42-37(51)35-36(24-6-10-29(11-7-24)55-28-4-2-1-3-5-28)45-48-17-16-25-22-26(9-13-32(25)43-38(35)48)46-18-20-47(21-19-46)27-8-12-30-31(23-27)41(54)49(40(30)53)33-14-15-34(50)44-39(33)52/h1-13,22-23,33,43H,14-21H2,(H2,42,51)(H,44,50,52). The zero-order valence-corrected chi connectivity index (χ0v) is 29.7. The molecular formula is C41H36N8O6. The molecule has 5 amide bonds. The van der Waals surface area contributed by atoms with Crippen molar-refractivity contribution in [3.05, 3.63) is 113 Å². The maximum Gasteiger partial charge on any atom is 0.262 e. The number of piperazine rings is 1. The number of nitrogens with one attached hydrogen (secondary N) is 2. The van der Waals surface area contributed by atoms with E-state index >= 15 is 0 Å². The zero-order chi connectivity index (χ0) is 37.8. The number of nitrogens with two attached hydrogens (primary N) is 1. The summed E-state index contributed by atoms with van der Waals surface area (Å²) in [5.74, 6) is -0.685. The Morgan fingerprint density at radius 3 is 2.11 bits per heavy atom. The van der Waals surface area contributed by atoms with Crippen LogP contribution in [-0.2, 0) is 22.6 Å². The molecule has 55 heavy (non-hydrogen) atoms. The van der Waals surface area contributed by atoms with E-state index in [9.17, 15) is 24.0 Å². The Morgan fingerprint density at radius 2 is 1.40 bits per heavy atom. The van der Waals surface area contributed by atoms with Gasteiger partial charge in [-0.25, -0.2) is 4.68 Å². The molecule has 14 heteroatoms. The Labute approximate surface area is 315 Å². The molecule has 276 valence electrons. The van der Waals surface area contributed by atoms with Crippen molar-refractivity contribution in [1.29, 1.82) is 0 Å². The number of aromatic nitrogens is 2. The average Bonchev–Trinajstić information content (AvgIpc) is 3.61. The number of hydrogen-bond donors (Lipinski definition) is 3. The molecule has 0 aliphatic carbocycles. The van der Waals surface area contributed by atoms with Crippen molar-refractivity contribution in [3.63, 3.8) is 0 Å². The number of anilines is 4. The number of imide groups is 2. The van der Waals surface area contributed by atoms with Crippen molar-refractivity contribution < 1.29 is 28.7 Å². The maximum atomic E-state index is 13.4. The Bertz CT molecular complexity index is 2400. The van der Waals surface area contributed by atoms with Gasteiger partial charge in [0.25, 0.3) is 17.7 Å². The first-order chi connectivity index (χ1) is 26.7. The third kappa shape index (κ3) is 6.10. The summed E-state index contributed by atoms with van der Waals surface area (Å²) < 4.78 is 7.74. The highest BCUT2D eigenvalue weighted by molar-refractivity contribution is 6.23. The lowest BCUT2D eigenvalue weighted by atomic mass is 10.0. The molecule has 1 aromatic heterocycles. The van der Waals surface area contributed by atoms with Gasteiger partial charge in [0.15, 0.2) is 0 Å². The lowest BCUT2D eigenvalue weighted by molar-refractivity contribution is -0.136. The number of ether oxygens (including phenoxy) is 1. The molecule has 5 heterocycles. The Kier molecular flexibility index (Phi) is 8.29. The second kappa shape index (κ2) is 13.5. The van der Waals surface area contributed by atoms with Crippen LogP contribution in [0.25, 0.3) is 11.3 Å². The second-order valence-electron chi connectivity index (χ2n) is 14.0. The summed E-state index contributed by atoms with van der Waals surface area (Å²) >= 11 is 0. The van der Waals surface area contributed by atoms with Crippen LogP contribution >= 0.6 is 0 Å². The van der Waals surface area contributed by atoms with Crippen LogP contribution in [0.1, 0.15) is 49.5 Å². The minimum atomic E-state index is -0.998. The quantitative estimate of drug-likeness (QED) is 0.203. The molecular weight excluding hydrogens is 701 g/mol. The van der Waals surface area contributed by atoms with Gasteiger partial charge in [0, 0.05) is 61.8 Å². The third-order valence-electron chi connectivity index (χ3n) is 10.7. The van der Waals surface area contributed by atoms with Gasteiger partial charge in [0.05, 0.1) is 11.1 Å².